The second kappa shape index (κ2) is 7.99. The lowest BCUT2D eigenvalue weighted by molar-refractivity contribution is -0.139. The van der Waals surface area contributed by atoms with Crippen LogP contribution < -0.4 is 19.5 Å². The second-order valence-electron chi connectivity index (χ2n) is 5.62. The van der Waals surface area contributed by atoms with Gasteiger partial charge in [0.1, 0.15) is 0 Å². The van der Waals surface area contributed by atoms with E-state index in [1.165, 1.54) is 26.2 Å². The number of hydrogen-bond donors (Lipinski definition) is 1. The van der Waals surface area contributed by atoms with Gasteiger partial charge < -0.3 is 29.2 Å². The van der Waals surface area contributed by atoms with Crippen molar-refractivity contribution >= 4 is 12.0 Å². The summed E-state index contributed by atoms with van der Waals surface area (Å²) in [7, 11) is 6.10. The van der Waals surface area contributed by atoms with Crippen LogP contribution in [0.3, 0.4) is 0 Å². The number of methoxy groups -OCH3 is 3. The molecule has 1 aliphatic rings. The smallest absolute Gasteiger partial charge is 0.338 e. The highest BCUT2D eigenvalue weighted by molar-refractivity contribution is 5.95. The molecule has 0 radical (unpaired) electrons. The first-order chi connectivity index (χ1) is 12.4. The number of carbonyl (C=O) groups excluding carboxylic acids is 2. The Labute approximate surface area is 152 Å². The van der Waals surface area contributed by atoms with E-state index in [4.69, 9.17) is 18.9 Å². The average Bonchev–Trinajstić information content (AvgIpc) is 2.64. The van der Waals surface area contributed by atoms with E-state index in [0.717, 1.165) is 0 Å². The van der Waals surface area contributed by atoms with E-state index in [-0.39, 0.29) is 12.6 Å². The van der Waals surface area contributed by atoms with Crippen molar-refractivity contribution in [2.24, 2.45) is 0 Å². The molecule has 142 valence electrons. The fourth-order valence-corrected chi connectivity index (χ4v) is 2.83. The zero-order valence-electron chi connectivity index (χ0n) is 15.8. The highest BCUT2D eigenvalue weighted by Gasteiger charge is 2.36. The van der Waals surface area contributed by atoms with Crippen molar-refractivity contribution in [3.63, 3.8) is 0 Å². The van der Waals surface area contributed by atoms with Gasteiger partial charge in [-0.2, -0.15) is 0 Å². The van der Waals surface area contributed by atoms with Gasteiger partial charge in [0.15, 0.2) is 11.5 Å². The van der Waals surface area contributed by atoms with Crippen LogP contribution in [-0.2, 0) is 9.53 Å². The molecule has 26 heavy (non-hydrogen) atoms. The predicted octanol–water partition coefficient (Wildman–Crippen LogP) is 2.25. The van der Waals surface area contributed by atoms with Crippen molar-refractivity contribution in [2.45, 2.75) is 19.9 Å². The van der Waals surface area contributed by atoms with Gasteiger partial charge in [-0.05, 0) is 31.5 Å². The summed E-state index contributed by atoms with van der Waals surface area (Å²) in [6.45, 7) is 3.67. The lowest BCUT2D eigenvalue weighted by Gasteiger charge is -2.33. The molecule has 0 bridgehead atoms. The molecule has 1 atom stereocenters. The summed E-state index contributed by atoms with van der Waals surface area (Å²) in [6.07, 6.45) is 0. The number of nitrogens with zero attached hydrogens (tertiary/aromatic N) is 1. The summed E-state index contributed by atoms with van der Waals surface area (Å²) < 4.78 is 21.2. The largest absolute Gasteiger partial charge is 0.493 e. The minimum Gasteiger partial charge on any atom is -0.493 e. The Kier molecular flexibility index (Phi) is 5.97. The Hall–Kier alpha value is -2.90. The van der Waals surface area contributed by atoms with Crippen molar-refractivity contribution in [1.29, 1.82) is 0 Å². The Morgan fingerprint density at radius 2 is 1.73 bits per heavy atom. The molecule has 0 spiro atoms. The lowest BCUT2D eigenvalue weighted by atomic mass is 9.94. The van der Waals surface area contributed by atoms with Gasteiger partial charge in [0, 0.05) is 12.7 Å². The topological polar surface area (TPSA) is 86.3 Å². The minimum atomic E-state index is -0.702. The zero-order chi connectivity index (χ0) is 19.4. The van der Waals surface area contributed by atoms with E-state index in [1.54, 1.807) is 33.0 Å². The van der Waals surface area contributed by atoms with Crippen LogP contribution in [0, 0.1) is 0 Å². The standard InChI is InChI=1S/C18H24N2O6/c1-7-26-17(21)14-10(2)20(3)18(22)19-15(14)11-8-12(23-4)16(25-6)13(9-11)24-5/h8-9,15H,7H2,1-6H3,(H,19,22). The average molecular weight is 364 g/mol. The van der Waals surface area contributed by atoms with Gasteiger partial charge >= 0.3 is 12.0 Å². The van der Waals surface area contributed by atoms with Crippen molar-refractivity contribution < 1.29 is 28.5 Å². The molecule has 1 heterocycles. The van der Waals surface area contributed by atoms with Gasteiger partial charge in [0.2, 0.25) is 5.75 Å². The molecule has 2 rings (SSSR count). The number of benzene rings is 1. The van der Waals surface area contributed by atoms with E-state index >= 15 is 0 Å². The molecule has 0 fully saturated rings. The van der Waals surface area contributed by atoms with Crippen molar-refractivity contribution in [3.8, 4) is 17.2 Å². The molecule has 1 aliphatic heterocycles. The summed E-state index contributed by atoms with van der Waals surface area (Å²) in [6, 6.07) is 2.37. The molecule has 1 aromatic rings. The fraction of sp³-hybridized carbons (Fsp3) is 0.444. The lowest BCUT2D eigenvalue weighted by Crippen LogP contribution is -2.46. The monoisotopic (exact) mass is 364 g/mol. The van der Waals surface area contributed by atoms with E-state index in [1.807, 2.05) is 0 Å². The predicted molar refractivity (Wildman–Crippen MR) is 94.5 cm³/mol. The first kappa shape index (κ1) is 19.4. The van der Waals surface area contributed by atoms with Crippen molar-refractivity contribution in [1.82, 2.24) is 10.2 Å². The summed E-state index contributed by atoms with van der Waals surface area (Å²) in [5.41, 5.74) is 1.48. The van der Waals surface area contributed by atoms with Gasteiger partial charge in [-0.25, -0.2) is 9.59 Å². The van der Waals surface area contributed by atoms with Crippen LogP contribution in [-0.4, -0.2) is 51.9 Å². The van der Waals surface area contributed by atoms with E-state index in [2.05, 4.69) is 5.32 Å². The summed E-state index contributed by atoms with van der Waals surface area (Å²) in [5, 5.41) is 2.82. The molecule has 8 nitrogen and oxygen atoms in total. The number of carbonyl (C=O) groups is 2. The molecule has 8 heteroatoms. The molecule has 1 unspecified atom stereocenters. The molecule has 0 aromatic heterocycles. The first-order valence-electron chi connectivity index (χ1n) is 8.11. The van der Waals surface area contributed by atoms with E-state index < -0.39 is 12.0 Å². The summed E-state index contributed by atoms with van der Waals surface area (Å²) >= 11 is 0. The normalized spacial score (nSPS) is 16.9. The first-order valence-corrected chi connectivity index (χ1v) is 8.11. The minimum absolute atomic E-state index is 0.231. The Morgan fingerprint density at radius 1 is 1.15 bits per heavy atom. The number of ether oxygens (including phenoxy) is 4. The number of urea groups is 1. The zero-order valence-corrected chi connectivity index (χ0v) is 15.8. The fourth-order valence-electron chi connectivity index (χ4n) is 2.83. The van der Waals surface area contributed by atoms with Gasteiger partial charge in [-0.15, -0.1) is 0 Å². The third-order valence-electron chi connectivity index (χ3n) is 4.27. The SMILES string of the molecule is CCOC(=O)C1=C(C)N(C)C(=O)NC1c1cc(OC)c(OC)c(OC)c1. The van der Waals surface area contributed by atoms with Crippen LogP contribution in [0.4, 0.5) is 4.79 Å². The molecule has 1 N–H and O–H groups in total. The number of rotatable bonds is 6. The Balaban J connectivity index is 2.64. The third-order valence-corrected chi connectivity index (χ3v) is 4.27. The molecule has 0 aliphatic carbocycles. The van der Waals surface area contributed by atoms with Crippen LogP contribution in [0.1, 0.15) is 25.5 Å². The summed E-state index contributed by atoms with van der Waals surface area (Å²) in [5.74, 6) is 0.791. The Morgan fingerprint density at radius 3 is 2.19 bits per heavy atom. The maximum Gasteiger partial charge on any atom is 0.338 e. The third kappa shape index (κ3) is 3.40. The van der Waals surface area contributed by atoms with Gasteiger partial charge in [-0.3, -0.25) is 0 Å². The van der Waals surface area contributed by atoms with E-state index in [9.17, 15) is 9.59 Å². The quantitative estimate of drug-likeness (QED) is 0.779. The number of esters is 1. The van der Waals surface area contributed by atoms with Crippen LogP contribution in [0.5, 0.6) is 17.2 Å². The van der Waals surface area contributed by atoms with Crippen LogP contribution >= 0.6 is 0 Å². The van der Waals surface area contributed by atoms with Gasteiger partial charge in [0.05, 0.1) is 39.6 Å². The van der Waals surface area contributed by atoms with Crippen molar-refractivity contribution in [3.05, 3.63) is 29.0 Å². The highest BCUT2D eigenvalue weighted by Crippen LogP contribution is 2.42. The maximum absolute atomic E-state index is 12.5. The maximum atomic E-state index is 12.5. The van der Waals surface area contributed by atoms with Crippen LogP contribution in [0.25, 0.3) is 0 Å². The second-order valence-corrected chi connectivity index (χ2v) is 5.62. The van der Waals surface area contributed by atoms with Crippen LogP contribution in [0.2, 0.25) is 0 Å². The molecule has 0 saturated heterocycles. The van der Waals surface area contributed by atoms with Crippen LogP contribution in [0.15, 0.2) is 23.4 Å². The number of allylic oxidation sites excluding steroid dienone is 1. The number of amides is 2. The van der Waals surface area contributed by atoms with Gasteiger partial charge in [-0.1, -0.05) is 0 Å². The molecule has 2 amide bonds. The molecular formula is C18H24N2O6. The van der Waals surface area contributed by atoms with Gasteiger partial charge in [0.25, 0.3) is 0 Å². The van der Waals surface area contributed by atoms with Crippen molar-refractivity contribution in [2.75, 3.05) is 35.0 Å². The highest BCUT2D eigenvalue weighted by atomic mass is 16.5. The number of hydrogen-bond acceptors (Lipinski definition) is 6. The Bertz CT molecular complexity index is 718. The summed E-state index contributed by atoms with van der Waals surface area (Å²) in [4.78, 5) is 26.2. The molecular weight excluding hydrogens is 340 g/mol. The molecule has 0 saturated carbocycles. The van der Waals surface area contributed by atoms with E-state index in [0.29, 0.717) is 34.1 Å². The number of nitrogens with one attached hydrogen (secondary N) is 1. The molecule has 1 aromatic carbocycles.